The van der Waals surface area contributed by atoms with Crippen molar-refractivity contribution in [1.29, 1.82) is 0 Å². The van der Waals surface area contributed by atoms with Gasteiger partial charge in [0.25, 0.3) is 0 Å². The maximum absolute atomic E-state index is 14.1. The molecule has 4 bridgehead atoms. The summed E-state index contributed by atoms with van der Waals surface area (Å²) in [4.78, 5) is 45.5. The number of aliphatic imine (C=N–C) groups is 1. The van der Waals surface area contributed by atoms with Crippen LogP contribution in [0.4, 0.5) is 5.69 Å². The maximum atomic E-state index is 14.1. The lowest BCUT2D eigenvalue weighted by molar-refractivity contribution is -0.292. The summed E-state index contributed by atoms with van der Waals surface area (Å²) in [7, 11) is 6.46. The Bertz CT molecular complexity index is 1520. The number of carbonyl (C=O) groups is 3. The number of para-hydroxylation sites is 2. The molecular formula is C36H48N2O10. The third-order valence-corrected chi connectivity index (χ3v) is 13.6. The summed E-state index contributed by atoms with van der Waals surface area (Å²) in [6.07, 6.45) is -0.0788. The number of imide groups is 1. The zero-order chi connectivity index (χ0) is 34.6. The molecule has 1 saturated heterocycles. The van der Waals surface area contributed by atoms with Crippen molar-refractivity contribution in [3.8, 4) is 5.75 Å². The molecule has 262 valence electrons. The van der Waals surface area contributed by atoms with E-state index in [9.17, 15) is 24.6 Å². The number of fused-ring (bicyclic) bond motifs is 3. The molecule has 5 aliphatic carbocycles. The fourth-order valence-electron chi connectivity index (χ4n) is 12.1. The summed E-state index contributed by atoms with van der Waals surface area (Å²) in [5.74, 6) is -2.77. The van der Waals surface area contributed by atoms with Crippen LogP contribution < -0.4 is 9.64 Å². The molecule has 12 nitrogen and oxygen atoms in total. The van der Waals surface area contributed by atoms with Gasteiger partial charge in [-0.1, -0.05) is 26.0 Å². The average Bonchev–Trinajstić information content (AvgIpc) is 3.61. The van der Waals surface area contributed by atoms with E-state index < -0.39 is 57.9 Å². The minimum Gasteiger partial charge on any atom is -0.424 e. The molecule has 1 aromatic carbocycles. The largest absolute Gasteiger partial charge is 0.424 e. The highest BCUT2D eigenvalue weighted by atomic mass is 16.5. The fourth-order valence-corrected chi connectivity index (χ4v) is 12.1. The third-order valence-electron chi connectivity index (χ3n) is 13.6. The Labute approximate surface area is 281 Å². The Balaban J connectivity index is 1.31. The Hall–Kier alpha value is -2.74. The van der Waals surface area contributed by atoms with Crippen LogP contribution in [0.5, 0.6) is 5.75 Å². The smallest absolute Gasteiger partial charge is 0.311 e. The third kappa shape index (κ3) is 3.98. The van der Waals surface area contributed by atoms with E-state index in [1.54, 1.807) is 52.5 Å². The zero-order valence-corrected chi connectivity index (χ0v) is 28.6. The van der Waals surface area contributed by atoms with Crippen LogP contribution in [0.1, 0.15) is 52.4 Å². The van der Waals surface area contributed by atoms with E-state index in [0.29, 0.717) is 19.3 Å². The van der Waals surface area contributed by atoms with Gasteiger partial charge in [0.1, 0.15) is 11.2 Å². The van der Waals surface area contributed by atoms with E-state index in [0.717, 1.165) is 4.90 Å². The highest BCUT2D eigenvalue weighted by Gasteiger charge is 2.89. The van der Waals surface area contributed by atoms with Crippen molar-refractivity contribution in [2.24, 2.45) is 45.4 Å². The lowest BCUT2D eigenvalue weighted by Crippen LogP contribution is -2.77. The zero-order valence-electron chi connectivity index (χ0n) is 28.6. The highest BCUT2D eigenvalue weighted by Crippen LogP contribution is 2.79. The van der Waals surface area contributed by atoms with Crippen molar-refractivity contribution < 1.29 is 48.3 Å². The van der Waals surface area contributed by atoms with E-state index in [2.05, 4.69) is 11.7 Å². The molecule has 48 heavy (non-hydrogen) atoms. The van der Waals surface area contributed by atoms with E-state index in [-0.39, 0.29) is 72.7 Å². The molecule has 14 atom stereocenters. The number of nitrogens with zero attached hydrogens (tertiary/aromatic N) is 2. The average molecular weight is 669 g/mol. The number of hydrogen-bond acceptors (Lipinski definition) is 11. The highest BCUT2D eigenvalue weighted by molar-refractivity contribution is 6.21. The van der Waals surface area contributed by atoms with Crippen molar-refractivity contribution in [3.63, 3.8) is 0 Å². The second-order valence-electron chi connectivity index (χ2n) is 15.4. The van der Waals surface area contributed by atoms with Crippen LogP contribution >= 0.6 is 0 Å². The second kappa shape index (κ2) is 11.4. The lowest BCUT2D eigenvalue weighted by atomic mass is 9.44. The van der Waals surface area contributed by atoms with Gasteiger partial charge in [-0.3, -0.25) is 19.4 Å². The second-order valence-corrected chi connectivity index (χ2v) is 15.4. The fraction of sp³-hybridized carbons (Fsp3) is 0.722. The molecule has 1 heterocycles. The summed E-state index contributed by atoms with van der Waals surface area (Å²) in [6.45, 7) is 7.70. The standard InChI is InChI=1S/C36H48N2O10/c1-18-14-25(39)38(31(18)41)21-10-8-9-11-22(21)48-26(40)17-33(2)13-12-24(45-5)35-20-15-19-23(44-4)16-34(42,27(20)28(19)46-6)36(43,32(35)37-3)30(47-7)29(33)35/h8-11,18-20,23-24,27-30,32,42-43H,3,12-17H2,1-2,4-7H3. The quantitative estimate of drug-likeness (QED) is 0.174. The molecule has 1 aliphatic heterocycles. The number of amides is 2. The van der Waals surface area contributed by atoms with Gasteiger partial charge in [-0.15, -0.1) is 0 Å². The van der Waals surface area contributed by atoms with Crippen molar-refractivity contribution in [3.05, 3.63) is 24.3 Å². The molecular weight excluding hydrogens is 620 g/mol. The number of aliphatic hydroxyl groups is 2. The molecule has 0 radical (unpaired) electrons. The van der Waals surface area contributed by atoms with Crippen LogP contribution in [0.2, 0.25) is 0 Å². The first-order valence-electron chi connectivity index (χ1n) is 17.0. The molecule has 1 spiro atoms. The van der Waals surface area contributed by atoms with Crippen LogP contribution in [0.15, 0.2) is 29.3 Å². The summed E-state index contributed by atoms with van der Waals surface area (Å²) >= 11 is 0. The molecule has 2 amide bonds. The van der Waals surface area contributed by atoms with Gasteiger partial charge in [-0.2, -0.15) is 0 Å². The number of anilines is 1. The van der Waals surface area contributed by atoms with Crippen molar-refractivity contribution in [1.82, 2.24) is 0 Å². The molecule has 1 aromatic rings. The van der Waals surface area contributed by atoms with Gasteiger partial charge in [0.15, 0.2) is 5.75 Å². The van der Waals surface area contributed by atoms with Crippen molar-refractivity contribution in [2.75, 3.05) is 33.3 Å². The van der Waals surface area contributed by atoms with Crippen molar-refractivity contribution >= 4 is 30.2 Å². The number of hydrogen-bond donors (Lipinski definition) is 2. The summed E-state index contributed by atoms with van der Waals surface area (Å²) in [6, 6.07) is 5.69. The number of methoxy groups -OCH3 is 4. The van der Waals surface area contributed by atoms with Gasteiger partial charge in [-0.25, -0.2) is 4.90 Å². The van der Waals surface area contributed by atoms with Crippen molar-refractivity contribution in [2.45, 2.75) is 94.0 Å². The van der Waals surface area contributed by atoms with Gasteiger partial charge in [0, 0.05) is 70.4 Å². The SMILES string of the molecule is C=NC1C23C(OC)CCC(C)(CC(=O)Oc4ccccc4N4C(=O)CC(C)C4=O)C2C(OC)C1(O)C1(O)CC(OC)C2CC3C1C2OC. The first kappa shape index (κ1) is 33.7. The Morgan fingerprint density at radius 2 is 1.81 bits per heavy atom. The van der Waals surface area contributed by atoms with Gasteiger partial charge < -0.3 is 33.9 Å². The summed E-state index contributed by atoms with van der Waals surface area (Å²) < 4.78 is 30.6. The predicted molar refractivity (Wildman–Crippen MR) is 172 cm³/mol. The molecule has 14 unspecified atom stereocenters. The number of ether oxygens (including phenoxy) is 5. The van der Waals surface area contributed by atoms with Gasteiger partial charge >= 0.3 is 5.97 Å². The normalized spacial score (nSPS) is 47.3. The Morgan fingerprint density at radius 3 is 2.42 bits per heavy atom. The molecule has 12 heteroatoms. The summed E-state index contributed by atoms with van der Waals surface area (Å²) in [5.41, 5.74) is -5.03. The van der Waals surface area contributed by atoms with Crippen LogP contribution in [-0.2, 0) is 33.3 Å². The lowest BCUT2D eigenvalue weighted by Gasteiger charge is -2.63. The molecule has 2 N–H and O–H groups in total. The number of rotatable bonds is 9. The topological polar surface area (TPSA) is 153 Å². The van der Waals surface area contributed by atoms with Crippen LogP contribution in [0.3, 0.4) is 0 Å². The van der Waals surface area contributed by atoms with Crippen LogP contribution in [0, 0.1) is 40.4 Å². The van der Waals surface area contributed by atoms with E-state index in [1.165, 1.54) is 7.11 Å². The molecule has 6 aliphatic rings. The molecule has 0 aromatic heterocycles. The minimum absolute atomic E-state index is 0.0226. The molecule has 6 fully saturated rings. The van der Waals surface area contributed by atoms with Gasteiger partial charge in [0.05, 0.1) is 42.6 Å². The van der Waals surface area contributed by atoms with Gasteiger partial charge in [0.2, 0.25) is 11.8 Å². The van der Waals surface area contributed by atoms with E-state index in [4.69, 9.17) is 23.7 Å². The number of carbonyl (C=O) groups excluding carboxylic acids is 3. The maximum Gasteiger partial charge on any atom is 0.311 e. The number of benzene rings is 1. The monoisotopic (exact) mass is 668 g/mol. The van der Waals surface area contributed by atoms with Crippen LogP contribution in [0.25, 0.3) is 0 Å². The van der Waals surface area contributed by atoms with Gasteiger partial charge in [-0.05, 0) is 49.4 Å². The molecule has 5 saturated carbocycles. The first-order chi connectivity index (χ1) is 22.8. The Morgan fingerprint density at radius 1 is 1.08 bits per heavy atom. The minimum atomic E-state index is -1.90. The number of esters is 1. The Kier molecular flexibility index (Phi) is 8.01. The molecule has 7 rings (SSSR count). The van der Waals surface area contributed by atoms with Crippen LogP contribution in [-0.4, -0.2) is 105 Å². The predicted octanol–water partition coefficient (Wildman–Crippen LogP) is 2.56. The summed E-state index contributed by atoms with van der Waals surface area (Å²) in [5, 5.41) is 26.1. The van der Waals surface area contributed by atoms with E-state index >= 15 is 0 Å². The first-order valence-corrected chi connectivity index (χ1v) is 17.0. The van der Waals surface area contributed by atoms with E-state index in [1.807, 2.05) is 6.92 Å².